The molecule has 0 amide bonds. The fourth-order valence-electron chi connectivity index (χ4n) is 1.00. The second kappa shape index (κ2) is 8.51. The number of aromatic hydroxyl groups is 1. The average Bonchev–Trinajstić information content (AvgIpc) is 2.15. The van der Waals surface area contributed by atoms with E-state index in [1.165, 1.54) is 25.1 Å². The first-order valence-corrected chi connectivity index (χ1v) is 4.25. The third kappa shape index (κ3) is 6.24. The van der Waals surface area contributed by atoms with Crippen LogP contribution in [0.5, 0.6) is 5.75 Å². The number of carbonyl (C=O) groups is 3. The van der Waals surface area contributed by atoms with E-state index < -0.39 is 17.9 Å². The fourth-order valence-corrected chi connectivity index (χ4v) is 1.00. The summed E-state index contributed by atoms with van der Waals surface area (Å²) in [6.45, 7) is 1.26. The molecule has 1 aromatic carbocycles. The Morgan fingerprint density at radius 3 is 1.78 bits per heavy atom. The van der Waals surface area contributed by atoms with Crippen LogP contribution in [0.15, 0.2) is 18.2 Å². The number of carboxylic acids is 1. The Morgan fingerprint density at radius 2 is 1.44 bits per heavy atom. The maximum atomic E-state index is 10.9. The molecule has 0 heterocycles. The van der Waals surface area contributed by atoms with Crippen LogP contribution in [0.4, 0.5) is 4.79 Å². The van der Waals surface area contributed by atoms with E-state index >= 15 is 0 Å². The van der Waals surface area contributed by atoms with Crippen molar-refractivity contribution < 1.29 is 65.8 Å². The molecular weight excluding hydrogens is 255 g/mol. The summed E-state index contributed by atoms with van der Waals surface area (Å²) < 4.78 is 0. The molecule has 0 atom stereocenters. The topological polar surface area (TPSA) is 132 Å². The molecule has 18 heavy (non-hydrogen) atoms. The van der Waals surface area contributed by atoms with Crippen molar-refractivity contribution in [1.29, 1.82) is 0 Å². The maximum Gasteiger partial charge on any atom is 1.00 e. The summed E-state index contributed by atoms with van der Waals surface area (Å²) in [5.41, 5.74) is -0.229. The van der Waals surface area contributed by atoms with Gasteiger partial charge in [-0.25, -0.2) is 9.59 Å². The van der Waals surface area contributed by atoms with Gasteiger partial charge in [-0.2, -0.15) is 0 Å². The van der Waals surface area contributed by atoms with Gasteiger partial charge in [0.2, 0.25) is 0 Å². The van der Waals surface area contributed by atoms with E-state index in [0.717, 1.165) is 0 Å². The first-order chi connectivity index (χ1) is 7.77. The van der Waals surface area contributed by atoms with Crippen molar-refractivity contribution in [3.05, 3.63) is 29.3 Å². The van der Waals surface area contributed by atoms with E-state index in [1.807, 2.05) is 0 Å². The number of hydrogen-bond acceptors (Lipinski definition) is 4. The summed E-state index contributed by atoms with van der Waals surface area (Å²) in [6, 6.07) is 4.04. The van der Waals surface area contributed by atoms with Gasteiger partial charge in [0.25, 0.3) is 0 Å². The third-order valence-electron chi connectivity index (χ3n) is 1.65. The van der Waals surface area contributed by atoms with Gasteiger partial charge >= 0.3 is 41.7 Å². The van der Waals surface area contributed by atoms with E-state index in [2.05, 4.69) is 0 Å². The molecular formula is C10H11NaO7. The summed E-state index contributed by atoms with van der Waals surface area (Å²) >= 11 is 0. The zero-order valence-corrected chi connectivity index (χ0v) is 11.7. The minimum absolute atomic E-state index is 0. The predicted octanol–water partition coefficient (Wildman–Crippen LogP) is -1.37. The summed E-state index contributed by atoms with van der Waals surface area (Å²) in [4.78, 5) is 30.0. The second-order valence-corrected chi connectivity index (χ2v) is 2.85. The largest absolute Gasteiger partial charge is 1.00 e. The van der Waals surface area contributed by atoms with E-state index in [0.29, 0.717) is 0 Å². The maximum absolute atomic E-state index is 10.9. The number of para-hydroxylation sites is 1. The number of ketones is 1. The molecule has 0 unspecified atom stereocenters. The van der Waals surface area contributed by atoms with E-state index in [9.17, 15) is 14.7 Å². The number of rotatable bonds is 2. The molecule has 0 saturated carbocycles. The van der Waals surface area contributed by atoms with Gasteiger partial charge in [0.15, 0.2) is 5.78 Å². The van der Waals surface area contributed by atoms with Crippen molar-refractivity contribution in [3.63, 3.8) is 0 Å². The zero-order valence-electron chi connectivity index (χ0n) is 10.7. The Balaban J connectivity index is -0.000000379. The van der Waals surface area contributed by atoms with Crippen LogP contribution in [0.3, 0.4) is 0 Å². The molecule has 0 spiro atoms. The normalized spacial score (nSPS) is 8.28. The van der Waals surface area contributed by atoms with Crippen LogP contribution in [-0.2, 0) is 0 Å². The van der Waals surface area contributed by atoms with Crippen LogP contribution in [0.1, 0.15) is 29.1 Å². The Bertz CT molecular complexity index is 425. The van der Waals surface area contributed by atoms with Crippen molar-refractivity contribution in [2.45, 2.75) is 6.92 Å². The molecule has 1 rings (SSSR count). The van der Waals surface area contributed by atoms with Crippen LogP contribution in [0.25, 0.3) is 0 Å². The molecule has 0 aliphatic rings. The standard InChI is InChI=1S/C9H8O4.CH2O3.Na.H/c1-5(10)6-3-2-4-7(8(6)11)9(12)13;2-1(3)4;;/h2-4,11H,1H3,(H,12,13);(H2,2,3,4);;/q;;+1;-1. The van der Waals surface area contributed by atoms with Crippen LogP contribution in [0.2, 0.25) is 0 Å². The van der Waals surface area contributed by atoms with Crippen LogP contribution in [-0.4, -0.2) is 38.3 Å². The SMILES string of the molecule is CC(=O)c1cccc(C(=O)O)c1O.O=C(O)O.[H-].[Na+]. The smallest absolute Gasteiger partial charge is 1.00 e. The number of carboxylic acid groups (broad SMARTS) is 3. The van der Waals surface area contributed by atoms with Crippen LogP contribution < -0.4 is 29.6 Å². The first-order valence-electron chi connectivity index (χ1n) is 4.25. The van der Waals surface area contributed by atoms with Gasteiger partial charge in [-0.05, 0) is 19.1 Å². The summed E-state index contributed by atoms with van der Waals surface area (Å²) in [6.07, 6.45) is -1.83. The van der Waals surface area contributed by atoms with Gasteiger partial charge in [-0.1, -0.05) is 6.07 Å². The first kappa shape index (κ1) is 18.8. The van der Waals surface area contributed by atoms with Crippen molar-refractivity contribution in [2.24, 2.45) is 0 Å². The number of aromatic carboxylic acids is 1. The quantitative estimate of drug-likeness (QED) is 0.383. The molecule has 0 fully saturated rings. The average molecular weight is 266 g/mol. The van der Waals surface area contributed by atoms with Gasteiger partial charge < -0.3 is 21.9 Å². The minimum Gasteiger partial charge on any atom is -1.00 e. The van der Waals surface area contributed by atoms with E-state index in [-0.39, 0.29) is 47.9 Å². The number of hydrogen-bond donors (Lipinski definition) is 4. The van der Waals surface area contributed by atoms with Crippen LogP contribution in [0, 0.1) is 0 Å². The number of Topliss-reactive ketones (excluding diaryl/α,β-unsaturated/α-hetero) is 1. The third-order valence-corrected chi connectivity index (χ3v) is 1.65. The van der Waals surface area contributed by atoms with E-state index in [1.54, 1.807) is 0 Å². The summed E-state index contributed by atoms with van der Waals surface area (Å²) in [7, 11) is 0. The van der Waals surface area contributed by atoms with Gasteiger partial charge in [-0.15, -0.1) is 0 Å². The molecule has 0 aliphatic carbocycles. The van der Waals surface area contributed by atoms with Crippen LogP contribution >= 0.6 is 0 Å². The Kier molecular flexibility index (Phi) is 8.88. The molecule has 1 aromatic rings. The van der Waals surface area contributed by atoms with Gasteiger partial charge in [-0.3, -0.25) is 4.79 Å². The molecule has 0 saturated heterocycles. The second-order valence-electron chi connectivity index (χ2n) is 2.85. The zero-order chi connectivity index (χ0) is 13.6. The van der Waals surface area contributed by atoms with Gasteiger partial charge in [0.1, 0.15) is 11.3 Å². The molecule has 0 radical (unpaired) electrons. The number of benzene rings is 1. The molecule has 0 aromatic heterocycles. The predicted molar refractivity (Wildman–Crippen MR) is 56.8 cm³/mol. The van der Waals surface area contributed by atoms with Gasteiger partial charge in [0.05, 0.1) is 5.56 Å². The van der Waals surface area contributed by atoms with E-state index in [4.69, 9.17) is 20.1 Å². The van der Waals surface area contributed by atoms with Crippen molar-refractivity contribution in [3.8, 4) is 5.75 Å². The Hall–Kier alpha value is -1.57. The number of carbonyl (C=O) groups excluding carboxylic acids is 1. The Labute approximate surface area is 125 Å². The molecule has 0 bridgehead atoms. The molecule has 8 heteroatoms. The molecule has 4 N–H and O–H groups in total. The van der Waals surface area contributed by atoms with Crippen molar-refractivity contribution in [2.75, 3.05) is 0 Å². The molecule has 0 aliphatic heterocycles. The minimum atomic E-state index is -1.83. The van der Waals surface area contributed by atoms with Crippen molar-refractivity contribution in [1.82, 2.24) is 0 Å². The summed E-state index contributed by atoms with van der Waals surface area (Å²) in [5.74, 6) is -2.08. The van der Waals surface area contributed by atoms with Crippen molar-refractivity contribution >= 4 is 17.9 Å². The molecule has 7 nitrogen and oxygen atoms in total. The summed E-state index contributed by atoms with van der Waals surface area (Å²) in [5, 5.41) is 31.9. The fraction of sp³-hybridized carbons (Fsp3) is 0.100. The molecule has 94 valence electrons. The number of phenols is 1. The Morgan fingerprint density at radius 1 is 1.06 bits per heavy atom. The van der Waals surface area contributed by atoms with Gasteiger partial charge in [0, 0.05) is 0 Å². The monoisotopic (exact) mass is 266 g/mol.